The van der Waals surface area contributed by atoms with Crippen LogP contribution in [0.2, 0.25) is 0 Å². The first kappa shape index (κ1) is 23.0. The largest absolute Gasteiger partial charge is 0.466 e. The van der Waals surface area contributed by atoms with Gasteiger partial charge in [-0.2, -0.15) is 0 Å². The first-order chi connectivity index (χ1) is 16.0. The van der Waals surface area contributed by atoms with Gasteiger partial charge in [-0.1, -0.05) is 18.2 Å². The van der Waals surface area contributed by atoms with Crippen molar-refractivity contribution in [2.75, 3.05) is 32.8 Å². The zero-order valence-corrected chi connectivity index (χ0v) is 19.1. The van der Waals surface area contributed by atoms with Gasteiger partial charge in [-0.25, -0.2) is 0 Å². The van der Waals surface area contributed by atoms with Gasteiger partial charge in [0.05, 0.1) is 18.1 Å². The van der Waals surface area contributed by atoms with Crippen LogP contribution in [0.3, 0.4) is 0 Å². The van der Waals surface area contributed by atoms with Gasteiger partial charge in [-0.15, -0.1) is 0 Å². The molecular weight excluding hydrogens is 422 g/mol. The van der Waals surface area contributed by atoms with Crippen molar-refractivity contribution in [3.8, 4) is 0 Å². The maximum Gasteiger partial charge on any atom is 0.309 e. The van der Waals surface area contributed by atoms with Gasteiger partial charge < -0.3 is 19.1 Å². The van der Waals surface area contributed by atoms with Crippen LogP contribution in [0.5, 0.6) is 0 Å². The molecule has 0 atom stereocenters. The van der Waals surface area contributed by atoms with Crippen molar-refractivity contribution in [3.63, 3.8) is 0 Å². The van der Waals surface area contributed by atoms with Crippen LogP contribution < -0.4 is 0 Å². The van der Waals surface area contributed by atoms with Crippen molar-refractivity contribution in [3.05, 3.63) is 36.0 Å². The maximum atomic E-state index is 13.2. The van der Waals surface area contributed by atoms with E-state index < -0.39 is 11.7 Å². The number of amides is 2. The van der Waals surface area contributed by atoms with E-state index in [9.17, 15) is 19.2 Å². The summed E-state index contributed by atoms with van der Waals surface area (Å²) in [6.07, 6.45) is 5.80. The van der Waals surface area contributed by atoms with Gasteiger partial charge in [0.25, 0.3) is 11.7 Å². The van der Waals surface area contributed by atoms with Crippen LogP contribution in [0.15, 0.2) is 30.5 Å². The summed E-state index contributed by atoms with van der Waals surface area (Å²) in [5.41, 5.74) is 1.08. The minimum absolute atomic E-state index is 0.0295. The molecule has 0 radical (unpaired) electrons. The zero-order chi connectivity index (χ0) is 23.4. The van der Waals surface area contributed by atoms with E-state index in [2.05, 4.69) is 0 Å². The van der Waals surface area contributed by atoms with Crippen LogP contribution in [-0.4, -0.2) is 70.7 Å². The summed E-state index contributed by atoms with van der Waals surface area (Å²) < 4.78 is 6.85. The molecule has 4 rings (SSSR count). The van der Waals surface area contributed by atoms with Crippen molar-refractivity contribution >= 4 is 34.5 Å². The number of hydrogen-bond acceptors (Lipinski definition) is 5. The number of esters is 1. The number of fused-ring (bicyclic) bond motifs is 1. The number of carbonyl (C=O) groups is 4. The molecule has 3 heterocycles. The Labute approximate surface area is 193 Å². The molecular formula is C25H31N3O5. The van der Waals surface area contributed by atoms with Gasteiger partial charge in [0.2, 0.25) is 5.91 Å². The summed E-state index contributed by atoms with van der Waals surface area (Å²) in [4.78, 5) is 54.3. The Hall–Kier alpha value is -3.16. The van der Waals surface area contributed by atoms with E-state index in [0.29, 0.717) is 43.5 Å². The standard InChI is InChI=1S/C25H31N3O5/c1-2-33-25(32)18-10-14-27(15-11-18)24(31)23(30)20-16-28(21-9-5-4-8-19(20)21)17-22(29)26-12-6-3-7-13-26/h4-5,8-9,16,18H,2-3,6-7,10-15,17H2,1H3. The lowest BCUT2D eigenvalue weighted by Crippen LogP contribution is -2.43. The number of piperidine rings is 2. The van der Waals surface area contributed by atoms with Crippen LogP contribution in [0, 0.1) is 5.92 Å². The van der Waals surface area contributed by atoms with E-state index in [0.717, 1.165) is 37.9 Å². The molecule has 0 aliphatic carbocycles. The second kappa shape index (κ2) is 10.2. The van der Waals surface area contributed by atoms with Gasteiger partial charge in [0.1, 0.15) is 6.54 Å². The fourth-order valence-electron chi connectivity index (χ4n) is 4.78. The minimum Gasteiger partial charge on any atom is -0.466 e. The van der Waals surface area contributed by atoms with E-state index in [1.807, 2.05) is 29.2 Å². The molecule has 1 aromatic carbocycles. The third kappa shape index (κ3) is 4.94. The molecule has 8 nitrogen and oxygen atoms in total. The third-order valence-corrected chi connectivity index (χ3v) is 6.64. The van der Waals surface area contributed by atoms with Crippen molar-refractivity contribution in [2.45, 2.75) is 45.6 Å². The highest BCUT2D eigenvalue weighted by Gasteiger charge is 2.32. The van der Waals surface area contributed by atoms with E-state index in [-0.39, 0.29) is 24.3 Å². The average Bonchev–Trinajstić information content (AvgIpc) is 3.22. The van der Waals surface area contributed by atoms with Gasteiger partial charge in [0.15, 0.2) is 0 Å². The quantitative estimate of drug-likeness (QED) is 0.381. The van der Waals surface area contributed by atoms with Crippen LogP contribution in [0.4, 0.5) is 0 Å². The molecule has 2 saturated heterocycles. The summed E-state index contributed by atoms with van der Waals surface area (Å²) in [7, 11) is 0. The number of para-hydroxylation sites is 1. The molecule has 2 aromatic rings. The molecule has 0 unspecified atom stereocenters. The van der Waals surface area contributed by atoms with E-state index in [4.69, 9.17) is 4.74 Å². The number of likely N-dealkylation sites (tertiary alicyclic amines) is 2. The second-order valence-corrected chi connectivity index (χ2v) is 8.78. The smallest absolute Gasteiger partial charge is 0.309 e. The van der Waals surface area contributed by atoms with Crippen molar-refractivity contribution in [1.29, 1.82) is 0 Å². The molecule has 2 aliphatic rings. The summed E-state index contributed by atoms with van der Waals surface area (Å²) in [6.45, 7) is 4.48. The van der Waals surface area contributed by atoms with Crippen LogP contribution in [-0.2, 0) is 25.7 Å². The number of hydrogen-bond donors (Lipinski definition) is 0. The van der Waals surface area contributed by atoms with Gasteiger partial charge >= 0.3 is 5.97 Å². The lowest BCUT2D eigenvalue weighted by molar-refractivity contribution is -0.150. The van der Waals surface area contributed by atoms with Crippen LogP contribution in [0.1, 0.15) is 49.4 Å². The number of benzene rings is 1. The lowest BCUT2D eigenvalue weighted by Gasteiger charge is -2.30. The minimum atomic E-state index is -0.579. The molecule has 2 amide bonds. The van der Waals surface area contributed by atoms with Crippen molar-refractivity contribution in [2.24, 2.45) is 5.92 Å². The van der Waals surface area contributed by atoms with Gasteiger partial charge in [-0.3, -0.25) is 19.2 Å². The Bertz CT molecular complexity index is 1050. The fraction of sp³-hybridized carbons (Fsp3) is 0.520. The van der Waals surface area contributed by atoms with Gasteiger partial charge in [0, 0.05) is 43.3 Å². The lowest BCUT2D eigenvalue weighted by atomic mass is 9.96. The van der Waals surface area contributed by atoms with Crippen molar-refractivity contribution < 1.29 is 23.9 Å². The SMILES string of the molecule is CCOC(=O)C1CCN(C(=O)C(=O)c2cn(CC(=O)N3CCCCC3)c3ccccc23)CC1. The van der Waals surface area contributed by atoms with Crippen LogP contribution >= 0.6 is 0 Å². The predicted molar refractivity (Wildman–Crippen MR) is 123 cm³/mol. The summed E-state index contributed by atoms with van der Waals surface area (Å²) in [5.74, 6) is -1.58. The van der Waals surface area contributed by atoms with E-state index >= 15 is 0 Å². The first-order valence-electron chi connectivity index (χ1n) is 11.9. The molecule has 176 valence electrons. The number of rotatable bonds is 6. The molecule has 1 aromatic heterocycles. The molecule has 0 spiro atoms. The summed E-state index contributed by atoms with van der Waals surface area (Å²) >= 11 is 0. The fourth-order valence-corrected chi connectivity index (χ4v) is 4.78. The number of Topliss-reactive ketones (excluding diaryl/α,β-unsaturated/α-hetero) is 1. The third-order valence-electron chi connectivity index (χ3n) is 6.64. The Morgan fingerprint density at radius 3 is 2.33 bits per heavy atom. The predicted octanol–water partition coefficient (Wildman–Crippen LogP) is 2.64. The molecule has 8 heteroatoms. The highest BCUT2D eigenvalue weighted by Crippen LogP contribution is 2.25. The Kier molecular flexibility index (Phi) is 7.11. The van der Waals surface area contributed by atoms with Crippen LogP contribution in [0.25, 0.3) is 10.9 Å². The normalized spacial score (nSPS) is 17.2. The molecule has 33 heavy (non-hydrogen) atoms. The zero-order valence-electron chi connectivity index (χ0n) is 19.1. The second-order valence-electron chi connectivity index (χ2n) is 8.78. The Morgan fingerprint density at radius 1 is 0.939 bits per heavy atom. The van der Waals surface area contributed by atoms with E-state index in [1.165, 1.54) is 4.90 Å². The molecule has 0 saturated carbocycles. The van der Waals surface area contributed by atoms with Gasteiger partial charge in [-0.05, 0) is 45.1 Å². The highest BCUT2D eigenvalue weighted by molar-refractivity contribution is 6.44. The molecule has 0 bridgehead atoms. The number of aromatic nitrogens is 1. The molecule has 2 aliphatic heterocycles. The number of carbonyl (C=O) groups excluding carboxylic acids is 4. The highest BCUT2D eigenvalue weighted by atomic mass is 16.5. The number of nitrogens with zero attached hydrogens (tertiary/aromatic N) is 3. The summed E-state index contributed by atoms with van der Waals surface area (Å²) in [5, 5.41) is 0.670. The Balaban J connectivity index is 1.48. The summed E-state index contributed by atoms with van der Waals surface area (Å²) in [6, 6.07) is 7.36. The molecule has 0 N–H and O–H groups in total. The average molecular weight is 454 g/mol. The number of ketones is 1. The maximum absolute atomic E-state index is 13.2. The Morgan fingerprint density at radius 2 is 1.64 bits per heavy atom. The monoisotopic (exact) mass is 453 g/mol. The topological polar surface area (TPSA) is 88.9 Å². The first-order valence-corrected chi connectivity index (χ1v) is 11.9. The molecule has 2 fully saturated rings. The van der Waals surface area contributed by atoms with E-state index in [1.54, 1.807) is 17.7 Å². The number of ether oxygens (including phenoxy) is 1. The van der Waals surface area contributed by atoms with Crippen molar-refractivity contribution in [1.82, 2.24) is 14.4 Å².